The van der Waals surface area contributed by atoms with Gasteiger partial charge in [-0.15, -0.1) is 0 Å². The van der Waals surface area contributed by atoms with E-state index in [0.717, 1.165) is 60.6 Å². The first kappa shape index (κ1) is 40.5. The lowest BCUT2D eigenvalue weighted by molar-refractivity contribution is -0.137. The fourth-order valence-corrected chi connectivity index (χ4v) is 5.86. The summed E-state index contributed by atoms with van der Waals surface area (Å²) in [6, 6.07) is 22.7. The van der Waals surface area contributed by atoms with Gasteiger partial charge >= 0.3 is 18.1 Å². The number of carboxylic acid groups (broad SMARTS) is 2. The molecule has 3 heterocycles. The van der Waals surface area contributed by atoms with Gasteiger partial charge in [0.1, 0.15) is 17.2 Å². The Bertz CT molecular complexity index is 2200. The number of anilines is 1. The van der Waals surface area contributed by atoms with Gasteiger partial charge in [0, 0.05) is 81.5 Å². The highest BCUT2D eigenvalue weighted by Gasteiger charge is 2.30. The first-order chi connectivity index (χ1) is 26.6. The molecular formula is C40H38F3N5O8. The van der Waals surface area contributed by atoms with Crippen LogP contribution in [0.1, 0.15) is 32.0 Å². The molecule has 0 radical (unpaired) electrons. The summed E-state index contributed by atoms with van der Waals surface area (Å²) < 4.78 is 51.7. The molecule has 13 nitrogen and oxygen atoms in total. The predicted molar refractivity (Wildman–Crippen MR) is 200 cm³/mol. The van der Waals surface area contributed by atoms with Gasteiger partial charge in [-0.2, -0.15) is 13.2 Å². The Morgan fingerprint density at radius 3 is 2.02 bits per heavy atom. The van der Waals surface area contributed by atoms with Crippen molar-refractivity contribution < 1.29 is 52.0 Å². The minimum atomic E-state index is -4.48. The Morgan fingerprint density at radius 2 is 1.46 bits per heavy atom. The van der Waals surface area contributed by atoms with Crippen LogP contribution in [0.3, 0.4) is 0 Å². The molecule has 6 rings (SSSR count). The van der Waals surface area contributed by atoms with Crippen LogP contribution in [0.2, 0.25) is 0 Å². The van der Waals surface area contributed by atoms with E-state index >= 15 is 0 Å². The highest BCUT2D eigenvalue weighted by molar-refractivity contribution is 6.05. The van der Waals surface area contributed by atoms with Crippen molar-refractivity contribution >= 4 is 40.3 Å². The van der Waals surface area contributed by atoms with Gasteiger partial charge in [-0.05, 0) is 72.3 Å². The van der Waals surface area contributed by atoms with Gasteiger partial charge in [-0.1, -0.05) is 12.1 Å². The van der Waals surface area contributed by atoms with Gasteiger partial charge in [-0.3, -0.25) is 14.5 Å². The number of nitrogens with zero attached hydrogens (tertiary/aromatic N) is 5. The highest BCUT2D eigenvalue weighted by atomic mass is 19.4. The van der Waals surface area contributed by atoms with E-state index in [1.807, 2.05) is 46.8 Å². The van der Waals surface area contributed by atoms with Crippen LogP contribution in [0.25, 0.3) is 10.9 Å². The van der Waals surface area contributed by atoms with Crippen molar-refractivity contribution in [1.82, 2.24) is 19.4 Å². The monoisotopic (exact) mass is 773 g/mol. The number of hydrogen-bond acceptors (Lipinski definition) is 8. The van der Waals surface area contributed by atoms with Crippen LogP contribution < -0.4 is 14.4 Å². The number of aryl methyl sites for hydroxylation is 1. The molecule has 292 valence electrons. The second-order valence-electron chi connectivity index (χ2n) is 12.6. The number of aliphatic carboxylic acids is 2. The summed E-state index contributed by atoms with van der Waals surface area (Å²) in [6.45, 7) is 3.66. The highest BCUT2D eigenvalue weighted by Crippen LogP contribution is 2.31. The Hall–Kier alpha value is -6.68. The number of aromatic nitrogens is 2. The SMILES string of the molecule is COc1ccc(CN2CCN(C(=O)c3cc4cc(Oc5ccc(N(C)C(=O)c6ccc(C(F)(F)F)cc6)cn5)ccc4n3C)CC2)cc1.O=C(O)/C=C\C(=O)O. The number of pyridine rings is 1. The lowest BCUT2D eigenvalue weighted by Gasteiger charge is -2.34. The summed E-state index contributed by atoms with van der Waals surface area (Å²) in [6.07, 6.45) is -1.91. The Labute approximate surface area is 319 Å². The molecule has 0 atom stereocenters. The fraction of sp³-hybridized carbons (Fsp3) is 0.225. The second-order valence-corrected chi connectivity index (χ2v) is 12.6. The summed E-state index contributed by atoms with van der Waals surface area (Å²) in [4.78, 5) is 55.3. The van der Waals surface area contributed by atoms with E-state index in [4.69, 9.17) is 19.7 Å². The van der Waals surface area contributed by atoms with E-state index < -0.39 is 29.6 Å². The minimum absolute atomic E-state index is 0.0208. The number of carbonyl (C=O) groups excluding carboxylic acids is 2. The average Bonchev–Trinajstić information content (AvgIpc) is 3.52. The first-order valence-electron chi connectivity index (χ1n) is 17.1. The third-order valence-corrected chi connectivity index (χ3v) is 8.92. The lowest BCUT2D eigenvalue weighted by atomic mass is 10.1. The number of carbonyl (C=O) groups is 4. The third kappa shape index (κ3) is 10.3. The molecule has 1 fully saturated rings. The zero-order valence-electron chi connectivity index (χ0n) is 30.6. The van der Waals surface area contributed by atoms with E-state index in [2.05, 4.69) is 22.0 Å². The molecule has 0 spiro atoms. The number of hydrogen-bond donors (Lipinski definition) is 2. The van der Waals surface area contributed by atoms with Crippen molar-refractivity contribution in [3.8, 4) is 17.4 Å². The smallest absolute Gasteiger partial charge is 0.416 e. The predicted octanol–water partition coefficient (Wildman–Crippen LogP) is 6.34. The van der Waals surface area contributed by atoms with Crippen LogP contribution in [0.15, 0.2) is 103 Å². The van der Waals surface area contributed by atoms with Gasteiger partial charge in [0.25, 0.3) is 11.8 Å². The summed E-state index contributed by atoms with van der Waals surface area (Å²) >= 11 is 0. The van der Waals surface area contributed by atoms with Crippen molar-refractivity contribution in [1.29, 1.82) is 0 Å². The number of ether oxygens (including phenoxy) is 2. The van der Waals surface area contributed by atoms with Crippen LogP contribution >= 0.6 is 0 Å². The van der Waals surface area contributed by atoms with Gasteiger partial charge < -0.3 is 34.1 Å². The zero-order chi connectivity index (χ0) is 40.6. The zero-order valence-corrected chi connectivity index (χ0v) is 30.6. The van der Waals surface area contributed by atoms with Crippen LogP contribution in [0.5, 0.6) is 17.4 Å². The van der Waals surface area contributed by atoms with Crippen LogP contribution in [0, 0.1) is 0 Å². The lowest BCUT2D eigenvalue weighted by Crippen LogP contribution is -2.48. The maximum atomic E-state index is 13.5. The molecule has 1 saturated heterocycles. The molecule has 1 aliphatic heterocycles. The van der Waals surface area contributed by atoms with Crippen molar-refractivity contribution in [2.24, 2.45) is 7.05 Å². The Morgan fingerprint density at radius 1 is 0.839 bits per heavy atom. The maximum absolute atomic E-state index is 13.5. The molecule has 56 heavy (non-hydrogen) atoms. The molecular weight excluding hydrogens is 735 g/mol. The molecule has 5 aromatic rings. The van der Waals surface area contributed by atoms with Crippen LogP contribution in [-0.2, 0) is 29.4 Å². The quantitative estimate of drug-likeness (QED) is 0.154. The Balaban J connectivity index is 0.000000677. The summed E-state index contributed by atoms with van der Waals surface area (Å²) in [5.41, 5.74) is 2.41. The number of carboxylic acids is 2. The summed E-state index contributed by atoms with van der Waals surface area (Å²) in [5.74, 6) is -1.38. The van der Waals surface area contributed by atoms with Crippen LogP contribution in [0.4, 0.5) is 18.9 Å². The number of piperazine rings is 1. The fourth-order valence-electron chi connectivity index (χ4n) is 5.86. The van der Waals surface area contributed by atoms with E-state index in [0.29, 0.717) is 42.4 Å². The molecule has 0 saturated carbocycles. The topological polar surface area (TPSA) is 155 Å². The van der Waals surface area contributed by atoms with Crippen molar-refractivity contribution in [2.45, 2.75) is 12.7 Å². The number of methoxy groups -OCH3 is 1. The molecule has 0 bridgehead atoms. The number of rotatable bonds is 10. The average molecular weight is 774 g/mol. The van der Waals surface area contributed by atoms with Gasteiger partial charge in [0.15, 0.2) is 0 Å². The molecule has 2 N–H and O–H groups in total. The van der Waals surface area contributed by atoms with Crippen LogP contribution in [-0.4, -0.2) is 93.7 Å². The molecule has 3 aromatic carbocycles. The largest absolute Gasteiger partial charge is 0.497 e. The molecule has 2 amide bonds. The Kier molecular flexibility index (Phi) is 12.8. The van der Waals surface area contributed by atoms with E-state index in [-0.39, 0.29) is 17.4 Å². The molecule has 2 aromatic heterocycles. The molecule has 1 aliphatic rings. The number of amides is 2. The number of alkyl halides is 3. The van der Waals surface area contributed by atoms with Gasteiger partial charge in [0.2, 0.25) is 5.88 Å². The normalized spacial score (nSPS) is 13.2. The van der Waals surface area contributed by atoms with Gasteiger partial charge in [0.05, 0.1) is 24.6 Å². The molecule has 0 aliphatic carbocycles. The summed E-state index contributed by atoms with van der Waals surface area (Å²) in [5, 5.41) is 16.5. The van der Waals surface area contributed by atoms with E-state index in [1.54, 1.807) is 25.3 Å². The number of benzene rings is 3. The standard InChI is InChI=1S/C36H34F3N5O4.C4H4O4/c1-41(34(45)25-6-8-27(9-7-25)36(37,38)39)28-10-15-33(40-22-28)48-30-13-14-31-26(20-30)21-32(42(31)2)35(46)44-18-16-43(17-19-44)23-24-4-11-29(47-3)12-5-24;5-3(6)1-2-4(7)8/h4-15,20-22H,16-19,23H2,1-3H3;1-2H,(H,5,6)(H,7,8)/b;2-1-. The van der Waals surface area contributed by atoms with E-state index in [9.17, 15) is 32.3 Å². The summed E-state index contributed by atoms with van der Waals surface area (Å²) in [7, 11) is 5.04. The third-order valence-electron chi connectivity index (χ3n) is 8.92. The van der Waals surface area contributed by atoms with Crippen molar-refractivity contribution in [3.05, 3.63) is 126 Å². The first-order valence-corrected chi connectivity index (χ1v) is 17.1. The molecule has 0 unspecified atom stereocenters. The van der Waals surface area contributed by atoms with Crippen molar-refractivity contribution in [3.63, 3.8) is 0 Å². The minimum Gasteiger partial charge on any atom is -0.497 e. The second kappa shape index (κ2) is 17.6. The van der Waals surface area contributed by atoms with E-state index in [1.165, 1.54) is 23.7 Å². The molecule has 16 heteroatoms. The number of halogens is 3. The van der Waals surface area contributed by atoms with Gasteiger partial charge in [-0.25, -0.2) is 14.6 Å². The maximum Gasteiger partial charge on any atom is 0.416 e. The number of fused-ring (bicyclic) bond motifs is 1. The van der Waals surface area contributed by atoms with Crippen molar-refractivity contribution in [2.75, 3.05) is 45.2 Å².